The molecule has 1 aliphatic carbocycles. The highest BCUT2D eigenvalue weighted by atomic mass is 35.5. The number of carbonyl (C=O) groups excluding carboxylic acids is 2. The van der Waals surface area contributed by atoms with Gasteiger partial charge in [-0.3, -0.25) is 13.9 Å². The van der Waals surface area contributed by atoms with E-state index in [9.17, 15) is 18.0 Å². The highest BCUT2D eigenvalue weighted by Crippen LogP contribution is 2.29. The summed E-state index contributed by atoms with van der Waals surface area (Å²) in [5.74, 6) is -0.905. The predicted octanol–water partition coefficient (Wildman–Crippen LogP) is 7.02. The van der Waals surface area contributed by atoms with E-state index in [-0.39, 0.29) is 23.4 Å². The number of rotatable bonds is 10. The molecule has 0 spiro atoms. The Kier molecular flexibility index (Phi) is 10.8. The lowest BCUT2D eigenvalue weighted by molar-refractivity contribution is -0.139. The van der Waals surface area contributed by atoms with Crippen LogP contribution in [0.2, 0.25) is 15.1 Å². The monoisotopic (exact) mass is 649 g/mol. The minimum atomic E-state index is -4.20. The molecule has 1 fully saturated rings. The molecule has 0 saturated heterocycles. The quantitative estimate of drug-likeness (QED) is 0.256. The summed E-state index contributed by atoms with van der Waals surface area (Å²) in [6.07, 6.45) is 4.96. The van der Waals surface area contributed by atoms with E-state index < -0.39 is 28.5 Å². The molecule has 0 bridgehead atoms. The second kappa shape index (κ2) is 14.1. The second-order valence-corrected chi connectivity index (χ2v) is 13.7. The molecule has 0 aromatic heterocycles. The first-order chi connectivity index (χ1) is 20.0. The molecule has 0 heterocycles. The molecule has 1 saturated carbocycles. The Morgan fingerprint density at radius 2 is 1.55 bits per heavy atom. The van der Waals surface area contributed by atoms with Gasteiger partial charge in [-0.05, 0) is 80.8 Å². The van der Waals surface area contributed by atoms with Crippen LogP contribution in [-0.4, -0.2) is 43.8 Å². The Labute approximate surface area is 262 Å². The zero-order chi connectivity index (χ0) is 30.4. The Hall–Kier alpha value is -2.78. The van der Waals surface area contributed by atoms with Crippen molar-refractivity contribution < 1.29 is 18.0 Å². The number of aryl methyl sites for hydroxylation is 1. The first-order valence-corrected chi connectivity index (χ1v) is 16.4. The summed E-state index contributed by atoms with van der Waals surface area (Å²) < 4.78 is 28.9. The topological polar surface area (TPSA) is 86.8 Å². The molecular formula is C31H34Cl3N3O4S. The van der Waals surface area contributed by atoms with E-state index in [1.807, 2.05) is 13.0 Å². The molecule has 11 heteroatoms. The lowest BCUT2D eigenvalue weighted by Gasteiger charge is -2.33. The van der Waals surface area contributed by atoms with Gasteiger partial charge in [0.1, 0.15) is 12.6 Å². The number of nitrogens with zero attached hydrogens (tertiary/aromatic N) is 2. The minimum absolute atomic E-state index is 0.0232. The molecule has 1 aliphatic rings. The van der Waals surface area contributed by atoms with E-state index in [2.05, 4.69) is 5.32 Å². The molecule has 2 amide bonds. The van der Waals surface area contributed by atoms with Crippen LogP contribution in [0.5, 0.6) is 0 Å². The minimum Gasteiger partial charge on any atom is -0.352 e. The van der Waals surface area contributed by atoms with E-state index >= 15 is 0 Å². The van der Waals surface area contributed by atoms with E-state index in [0.717, 1.165) is 42.0 Å². The first kappa shape index (κ1) is 32.1. The highest BCUT2D eigenvalue weighted by molar-refractivity contribution is 7.92. The van der Waals surface area contributed by atoms with Crippen molar-refractivity contribution in [2.45, 2.75) is 69.5 Å². The SMILES string of the molecule is Cc1cccc(N(CC(=O)N(Cc2c(Cl)cccc2Cl)C(C)C(=O)NC2CCCCC2)S(=O)(=O)c2ccc(Cl)cc2)c1. The van der Waals surface area contributed by atoms with E-state index in [4.69, 9.17) is 34.8 Å². The van der Waals surface area contributed by atoms with E-state index in [0.29, 0.717) is 26.3 Å². The van der Waals surface area contributed by atoms with Crippen LogP contribution in [0.3, 0.4) is 0 Å². The number of carbonyl (C=O) groups is 2. The molecule has 1 N–H and O–H groups in total. The normalized spacial score (nSPS) is 14.7. The summed E-state index contributed by atoms with van der Waals surface area (Å²) in [5, 5.41) is 4.14. The summed E-state index contributed by atoms with van der Waals surface area (Å²) in [7, 11) is -4.20. The summed E-state index contributed by atoms with van der Waals surface area (Å²) in [6, 6.07) is 16.7. The zero-order valence-electron chi connectivity index (χ0n) is 23.5. The van der Waals surface area contributed by atoms with Gasteiger partial charge in [-0.1, -0.05) is 72.3 Å². The second-order valence-electron chi connectivity index (χ2n) is 10.5. The van der Waals surface area contributed by atoms with Crippen molar-refractivity contribution in [1.82, 2.24) is 10.2 Å². The molecule has 3 aromatic carbocycles. The fourth-order valence-electron chi connectivity index (χ4n) is 5.05. The van der Waals surface area contributed by atoms with Crippen LogP contribution in [0.4, 0.5) is 5.69 Å². The van der Waals surface area contributed by atoms with Gasteiger partial charge in [-0.25, -0.2) is 8.42 Å². The van der Waals surface area contributed by atoms with Crippen molar-refractivity contribution in [2.24, 2.45) is 0 Å². The Morgan fingerprint density at radius 1 is 0.929 bits per heavy atom. The van der Waals surface area contributed by atoms with Crippen LogP contribution >= 0.6 is 34.8 Å². The van der Waals surface area contributed by atoms with Gasteiger partial charge in [0.25, 0.3) is 10.0 Å². The lowest BCUT2D eigenvalue weighted by Crippen LogP contribution is -2.53. The molecule has 1 unspecified atom stereocenters. The summed E-state index contributed by atoms with van der Waals surface area (Å²) in [6.45, 7) is 2.82. The fourth-order valence-corrected chi connectivity index (χ4v) is 7.10. The van der Waals surface area contributed by atoms with Crippen LogP contribution < -0.4 is 9.62 Å². The molecule has 224 valence electrons. The zero-order valence-corrected chi connectivity index (χ0v) is 26.6. The summed E-state index contributed by atoms with van der Waals surface area (Å²) in [5.41, 5.74) is 1.60. The van der Waals surface area contributed by atoms with Crippen molar-refractivity contribution in [3.8, 4) is 0 Å². The van der Waals surface area contributed by atoms with Crippen LogP contribution in [0.15, 0.2) is 71.6 Å². The maximum Gasteiger partial charge on any atom is 0.264 e. The van der Waals surface area contributed by atoms with Crippen molar-refractivity contribution in [2.75, 3.05) is 10.8 Å². The van der Waals surface area contributed by atoms with Gasteiger partial charge in [0.05, 0.1) is 10.6 Å². The van der Waals surface area contributed by atoms with E-state index in [1.165, 1.54) is 29.2 Å². The third-order valence-corrected chi connectivity index (χ3v) is 10.2. The van der Waals surface area contributed by atoms with Gasteiger partial charge in [0, 0.05) is 33.2 Å². The van der Waals surface area contributed by atoms with Gasteiger partial charge < -0.3 is 10.2 Å². The summed E-state index contributed by atoms with van der Waals surface area (Å²) in [4.78, 5) is 28.9. The van der Waals surface area contributed by atoms with Crippen molar-refractivity contribution in [1.29, 1.82) is 0 Å². The van der Waals surface area contributed by atoms with Crippen LogP contribution in [0.25, 0.3) is 0 Å². The van der Waals surface area contributed by atoms with Gasteiger partial charge in [-0.2, -0.15) is 0 Å². The Bertz CT molecular complexity index is 1510. The Balaban J connectivity index is 1.71. The number of anilines is 1. The van der Waals surface area contributed by atoms with Gasteiger partial charge in [0.2, 0.25) is 11.8 Å². The number of sulfonamides is 1. The third-order valence-electron chi connectivity index (χ3n) is 7.48. The lowest BCUT2D eigenvalue weighted by atomic mass is 9.95. The average molecular weight is 651 g/mol. The number of amides is 2. The molecular weight excluding hydrogens is 617 g/mol. The number of hydrogen-bond donors (Lipinski definition) is 1. The third kappa shape index (κ3) is 7.78. The van der Waals surface area contributed by atoms with Crippen molar-refractivity contribution >= 4 is 62.3 Å². The maximum absolute atomic E-state index is 14.1. The van der Waals surface area contributed by atoms with Crippen molar-refractivity contribution in [3.63, 3.8) is 0 Å². The number of halogens is 3. The molecule has 0 radical (unpaired) electrons. The number of benzene rings is 3. The number of hydrogen-bond acceptors (Lipinski definition) is 4. The van der Waals surface area contributed by atoms with Gasteiger partial charge in [0.15, 0.2) is 0 Å². The highest BCUT2D eigenvalue weighted by Gasteiger charge is 2.34. The first-order valence-electron chi connectivity index (χ1n) is 13.8. The van der Waals surface area contributed by atoms with Gasteiger partial charge >= 0.3 is 0 Å². The van der Waals surface area contributed by atoms with Crippen LogP contribution in [0.1, 0.15) is 50.2 Å². The largest absolute Gasteiger partial charge is 0.352 e. The Morgan fingerprint density at radius 3 is 2.17 bits per heavy atom. The molecule has 3 aromatic rings. The molecule has 4 rings (SSSR count). The molecule has 1 atom stereocenters. The average Bonchev–Trinajstić information content (AvgIpc) is 2.96. The summed E-state index contributed by atoms with van der Waals surface area (Å²) >= 11 is 18.9. The molecule has 42 heavy (non-hydrogen) atoms. The molecule has 0 aliphatic heterocycles. The smallest absolute Gasteiger partial charge is 0.264 e. The molecule has 7 nitrogen and oxygen atoms in total. The maximum atomic E-state index is 14.1. The van der Waals surface area contributed by atoms with Crippen LogP contribution in [0, 0.1) is 6.92 Å². The fraction of sp³-hybridized carbons (Fsp3) is 0.355. The number of nitrogens with one attached hydrogen (secondary N) is 1. The standard InChI is InChI=1S/C31H34Cl3N3O4S/c1-21-8-6-11-25(18-21)37(42(40,41)26-16-14-23(32)15-17-26)20-30(38)36(19-27-28(33)12-7-13-29(27)34)22(2)31(39)35-24-9-4-3-5-10-24/h6-8,11-18,22,24H,3-5,9-10,19-20H2,1-2H3,(H,35,39). The van der Waals surface area contributed by atoms with Crippen LogP contribution in [-0.2, 0) is 26.2 Å². The van der Waals surface area contributed by atoms with Crippen molar-refractivity contribution in [3.05, 3.63) is 92.9 Å². The predicted molar refractivity (Wildman–Crippen MR) is 169 cm³/mol. The van der Waals surface area contributed by atoms with E-state index in [1.54, 1.807) is 43.3 Å². The van der Waals surface area contributed by atoms with Gasteiger partial charge in [-0.15, -0.1) is 0 Å².